The van der Waals surface area contributed by atoms with Crippen LogP contribution >= 0.6 is 34.0 Å². The number of hydrogen-bond donors (Lipinski definition) is 0. The van der Waals surface area contributed by atoms with Gasteiger partial charge in [0.2, 0.25) is 0 Å². The third-order valence-corrected chi connectivity index (χ3v) is 11.6. The molecule has 0 fully saturated rings. The van der Waals surface area contributed by atoms with E-state index >= 15 is 0 Å². The molecule has 0 aliphatic heterocycles. The molecule has 0 saturated carbocycles. The van der Waals surface area contributed by atoms with Crippen LogP contribution in [-0.4, -0.2) is 0 Å². The summed E-state index contributed by atoms with van der Waals surface area (Å²) in [7, 11) is 0. The van der Waals surface area contributed by atoms with Crippen molar-refractivity contribution >= 4 is 96.6 Å². The normalized spacial score (nSPS) is 12.0. The summed E-state index contributed by atoms with van der Waals surface area (Å²) < 4.78 is 5.78. The van der Waals surface area contributed by atoms with E-state index in [0.717, 1.165) is 42.4 Å². The van der Waals surface area contributed by atoms with Crippen molar-refractivity contribution < 1.29 is 0 Å². The quantitative estimate of drug-likeness (QED) is 0.186. The van der Waals surface area contributed by atoms with E-state index in [-0.39, 0.29) is 5.43 Å². The highest BCUT2D eigenvalue weighted by Gasteiger charge is 2.15. The number of fused-ring (bicyclic) bond motifs is 6. The van der Waals surface area contributed by atoms with Crippen LogP contribution in [0.4, 0.5) is 0 Å². The van der Waals surface area contributed by atoms with Crippen LogP contribution in [0.25, 0.3) is 84.8 Å². The lowest BCUT2D eigenvalue weighted by Crippen LogP contribution is -2.01. The van der Waals surface area contributed by atoms with E-state index in [4.69, 9.17) is 0 Å². The molecule has 0 spiro atoms. The largest absolute Gasteiger partial charge is 0.289 e. The summed E-state index contributed by atoms with van der Waals surface area (Å²) in [6.45, 7) is 6.11. The minimum atomic E-state index is 0.0886. The fraction of sp³-hybridized carbons (Fsp3) is 0.0263. The van der Waals surface area contributed by atoms with Gasteiger partial charge in [0, 0.05) is 55.3 Å². The summed E-state index contributed by atoms with van der Waals surface area (Å²) in [4.78, 5) is 15.3. The predicted octanol–water partition coefficient (Wildman–Crippen LogP) is 12.0. The van der Waals surface area contributed by atoms with Gasteiger partial charge in [-0.25, -0.2) is 0 Å². The molecule has 3 heterocycles. The molecule has 1 nitrogen and oxygen atoms in total. The molecule has 0 aliphatic rings. The second-order valence-electron chi connectivity index (χ2n) is 10.4. The molecule has 0 bridgehead atoms. The lowest BCUT2D eigenvalue weighted by Gasteiger charge is -2.08. The summed E-state index contributed by atoms with van der Waals surface area (Å²) in [5, 5.41) is 5.29. The van der Waals surface area contributed by atoms with E-state index < -0.39 is 0 Å². The number of allylic oxidation sites excluding steroid dienone is 1. The van der Waals surface area contributed by atoms with Crippen LogP contribution in [0.1, 0.15) is 17.4 Å². The molecule has 8 aromatic rings. The van der Waals surface area contributed by atoms with Gasteiger partial charge in [0.05, 0.1) is 0 Å². The molecule has 0 radical (unpaired) electrons. The Balaban J connectivity index is 1.32. The Morgan fingerprint density at radius 1 is 0.595 bits per heavy atom. The van der Waals surface area contributed by atoms with Crippen LogP contribution in [0, 0.1) is 0 Å². The summed E-state index contributed by atoms with van der Waals surface area (Å²) in [6.07, 6.45) is 6.16. The summed E-state index contributed by atoms with van der Waals surface area (Å²) in [5.74, 6) is 0. The third kappa shape index (κ3) is 3.83. The third-order valence-electron chi connectivity index (χ3n) is 8.00. The lowest BCUT2D eigenvalue weighted by atomic mass is 9.99. The van der Waals surface area contributed by atoms with Gasteiger partial charge in [0.25, 0.3) is 0 Å². The van der Waals surface area contributed by atoms with Gasteiger partial charge in [-0.15, -0.1) is 34.0 Å². The second-order valence-corrected chi connectivity index (χ2v) is 13.6. The molecule has 0 amide bonds. The van der Waals surface area contributed by atoms with Crippen molar-refractivity contribution in [2.24, 2.45) is 0 Å². The fourth-order valence-corrected chi connectivity index (χ4v) is 9.62. The van der Waals surface area contributed by atoms with Crippen LogP contribution in [0.5, 0.6) is 0 Å². The second kappa shape index (κ2) is 9.88. The minimum absolute atomic E-state index is 0.0886. The van der Waals surface area contributed by atoms with Crippen molar-refractivity contribution in [1.29, 1.82) is 0 Å². The minimum Gasteiger partial charge on any atom is -0.289 e. The van der Waals surface area contributed by atoms with Gasteiger partial charge in [-0.1, -0.05) is 85.5 Å². The standard InChI is InChI=1S/C38H24OS3/c1-3-9-32-24(4-2)28-13-7-11-25(37(28)41-32)22-16-18-34-30(20-22)36(39)31-21-23(17-19-35(31)40-34)26-12-8-14-29-27-10-5-6-15-33(27)42-38(26)29/h3-21H,2H2,1H3/b9-3-. The number of hydrogen-bond acceptors (Lipinski definition) is 4. The van der Waals surface area contributed by atoms with E-state index in [0.29, 0.717) is 0 Å². The Morgan fingerprint density at radius 3 is 1.86 bits per heavy atom. The Hall–Kier alpha value is -4.35. The Labute approximate surface area is 254 Å². The highest BCUT2D eigenvalue weighted by Crippen LogP contribution is 2.42. The van der Waals surface area contributed by atoms with Crippen molar-refractivity contribution in [3.63, 3.8) is 0 Å². The molecule has 200 valence electrons. The first-order chi connectivity index (χ1) is 20.6. The highest BCUT2D eigenvalue weighted by atomic mass is 32.1. The maximum atomic E-state index is 14.1. The fourth-order valence-electron chi connectivity index (χ4n) is 6.04. The van der Waals surface area contributed by atoms with Crippen molar-refractivity contribution in [3.8, 4) is 22.3 Å². The van der Waals surface area contributed by atoms with Crippen LogP contribution in [0.2, 0.25) is 0 Å². The molecular formula is C38H24OS3. The van der Waals surface area contributed by atoms with E-state index in [9.17, 15) is 4.79 Å². The monoisotopic (exact) mass is 592 g/mol. The van der Waals surface area contributed by atoms with Crippen molar-refractivity contribution in [2.45, 2.75) is 6.92 Å². The van der Waals surface area contributed by atoms with E-state index in [1.807, 2.05) is 24.3 Å². The average molecular weight is 593 g/mol. The van der Waals surface area contributed by atoms with E-state index in [1.54, 1.807) is 22.7 Å². The van der Waals surface area contributed by atoms with Crippen LogP contribution < -0.4 is 5.43 Å². The molecule has 4 heteroatoms. The van der Waals surface area contributed by atoms with Gasteiger partial charge < -0.3 is 0 Å². The molecule has 42 heavy (non-hydrogen) atoms. The van der Waals surface area contributed by atoms with Gasteiger partial charge in [-0.2, -0.15) is 0 Å². The van der Waals surface area contributed by atoms with Gasteiger partial charge >= 0.3 is 0 Å². The molecule has 0 aliphatic carbocycles. The molecule has 0 saturated heterocycles. The van der Waals surface area contributed by atoms with Gasteiger partial charge in [0.1, 0.15) is 0 Å². The molecule has 0 N–H and O–H groups in total. The summed E-state index contributed by atoms with van der Waals surface area (Å²) in [5.41, 5.74) is 5.71. The smallest absolute Gasteiger partial charge is 0.195 e. The number of rotatable bonds is 4. The molecule has 3 aromatic heterocycles. The first-order valence-corrected chi connectivity index (χ1v) is 16.3. The zero-order valence-electron chi connectivity index (χ0n) is 22.8. The van der Waals surface area contributed by atoms with E-state index in [2.05, 4.69) is 116 Å². The number of benzene rings is 5. The maximum Gasteiger partial charge on any atom is 0.195 e. The molecule has 5 aromatic carbocycles. The van der Waals surface area contributed by atoms with Crippen LogP contribution in [-0.2, 0) is 0 Å². The first-order valence-electron chi connectivity index (χ1n) is 13.9. The summed E-state index contributed by atoms with van der Waals surface area (Å²) >= 11 is 5.28. The zero-order chi connectivity index (χ0) is 28.4. The average Bonchev–Trinajstić information content (AvgIpc) is 3.59. The SMILES string of the molecule is C=Cc1c(/C=C\C)sc2c(-c3ccc4sc5ccc(-c6cccc7c6sc6ccccc67)cc5c(=O)c4c3)cccc12. The molecular weight excluding hydrogens is 569 g/mol. The summed E-state index contributed by atoms with van der Waals surface area (Å²) in [6, 6.07) is 34.2. The van der Waals surface area contributed by atoms with Crippen LogP contribution in [0.15, 0.2) is 115 Å². The maximum absolute atomic E-state index is 14.1. The first kappa shape index (κ1) is 25.4. The molecule has 0 atom stereocenters. The Bertz CT molecular complexity index is 2470. The van der Waals surface area contributed by atoms with Gasteiger partial charge in [0.15, 0.2) is 5.43 Å². The number of thiophene rings is 2. The predicted molar refractivity (Wildman–Crippen MR) is 190 cm³/mol. The van der Waals surface area contributed by atoms with Gasteiger partial charge in [-0.05, 0) is 71.1 Å². The van der Waals surface area contributed by atoms with Gasteiger partial charge in [-0.3, -0.25) is 4.79 Å². The van der Waals surface area contributed by atoms with Crippen molar-refractivity contribution in [3.05, 3.63) is 130 Å². The zero-order valence-corrected chi connectivity index (χ0v) is 25.3. The Morgan fingerprint density at radius 2 is 1.19 bits per heavy atom. The van der Waals surface area contributed by atoms with E-state index in [1.165, 1.54) is 40.7 Å². The molecule has 0 unspecified atom stereocenters. The lowest BCUT2D eigenvalue weighted by molar-refractivity contribution is 1.69. The van der Waals surface area contributed by atoms with Crippen LogP contribution in [0.3, 0.4) is 0 Å². The Kier molecular flexibility index (Phi) is 5.97. The van der Waals surface area contributed by atoms with Crippen molar-refractivity contribution in [1.82, 2.24) is 0 Å². The molecule has 8 rings (SSSR count). The van der Waals surface area contributed by atoms with Crippen molar-refractivity contribution in [2.75, 3.05) is 0 Å². The topological polar surface area (TPSA) is 17.1 Å². The highest BCUT2D eigenvalue weighted by molar-refractivity contribution is 7.26.